The van der Waals surface area contributed by atoms with E-state index in [1.165, 1.54) is 0 Å². The summed E-state index contributed by atoms with van der Waals surface area (Å²) in [6, 6.07) is 0. The third-order valence-corrected chi connectivity index (χ3v) is 2.39. The Labute approximate surface area is 60.4 Å². The highest BCUT2D eigenvalue weighted by atomic mass is 16.5. The molecule has 2 aliphatic rings. The van der Waals surface area contributed by atoms with Gasteiger partial charge in [-0.1, -0.05) is 0 Å². The maximum Gasteiger partial charge on any atom is 0.0845 e. The molecule has 3 nitrogen and oxygen atoms in total. The molecular formula is C7H13NO2. The van der Waals surface area contributed by atoms with E-state index in [0.29, 0.717) is 6.61 Å². The summed E-state index contributed by atoms with van der Waals surface area (Å²) < 4.78 is 5.50. The van der Waals surface area contributed by atoms with Gasteiger partial charge in [0.25, 0.3) is 0 Å². The monoisotopic (exact) mass is 143 g/mol. The topological polar surface area (TPSA) is 41.5 Å². The van der Waals surface area contributed by atoms with Gasteiger partial charge < -0.3 is 15.2 Å². The van der Waals surface area contributed by atoms with E-state index >= 15 is 0 Å². The van der Waals surface area contributed by atoms with Crippen molar-refractivity contribution < 1.29 is 9.84 Å². The van der Waals surface area contributed by atoms with Crippen molar-refractivity contribution in [2.75, 3.05) is 19.7 Å². The first kappa shape index (κ1) is 6.58. The highest BCUT2D eigenvalue weighted by molar-refractivity contribution is 4.95. The number of aliphatic hydroxyl groups is 1. The second-order valence-electron chi connectivity index (χ2n) is 3.28. The summed E-state index contributed by atoms with van der Waals surface area (Å²) in [4.78, 5) is 0. The predicted molar refractivity (Wildman–Crippen MR) is 36.8 cm³/mol. The Kier molecular flexibility index (Phi) is 1.44. The third-order valence-electron chi connectivity index (χ3n) is 2.39. The molecule has 0 amide bonds. The van der Waals surface area contributed by atoms with E-state index in [9.17, 15) is 5.11 Å². The molecule has 0 aliphatic carbocycles. The van der Waals surface area contributed by atoms with Gasteiger partial charge in [-0.2, -0.15) is 0 Å². The van der Waals surface area contributed by atoms with Crippen LogP contribution in [0.25, 0.3) is 0 Å². The van der Waals surface area contributed by atoms with Gasteiger partial charge in [0.15, 0.2) is 0 Å². The molecule has 2 N–H and O–H groups in total. The first-order valence-electron chi connectivity index (χ1n) is 3.84. The minimum absolute atomic E-state index is 0.000579. The van der Waals surface area contributed by atoms with Crippen LogP contribution in [0.4, 0.5) is 0 Å². The van der Waals surface area contributed by atoms with E-state index in [2.05, 4.69) is 5.32 Å². The standard InChI is InChI=1S/C7H13NO2/c9-6-3-7(10-4-6)1-2-8-5-7/h6,8-9H,1-5H2/t6-,7+/m0/s1. The van der Waals surface area contributed by atoms with Crippen molar-refractivity contribution >= 4 is 0 Å². The van der Waals surface area contributed by atoms with E-state index in [-0.39, 0.29) is 11.7 Å². The van der Waals surface area contributed by atoms with Crippen molar-refractivity contribution in [3.63, 3.8) is 0 Å². The van der Waals surface area contributed by atoms with Gasteiger partial charge in [-0.25, -0.2) is 0 Å². The van der Waals surface area contributed by atoms with E-state index in [4.69, 9.17) is 4.74 Å². The van der Waals surface area contributed by atoms with Crippen LogP contribution in [-0.2, 0) is 4.74 Å². The van der Waals surface area contributed by atoms with E-state index < -0.39 is 0 Å². The normalized spacial score (nSPS) is 47.1. The van der Waals surface area contributed by atoms with Crippen LogP contribution in [0.2, 0.25) is 0 Å². The first-order chi connectivity index (χ1) is 4.81. The summed E-state index contributed by atoms with van der Waals surface area (Å²) in [5.41, 5.74) is -0.000579. The molecule has 1 spiro atoms. The zero-order valence-corrected chi connectivity index (χ0v) is 5.97. The average molecular weight is 143 g/mol. The fourth-order valence-electron chi connectivity index (χ4n) is 1.84. The molecular weight excluding hydrogens is 130 g/mol. The highest BCUT2D eigenvalue weighted by Crippen LogP contribution is 2.31. The van der Waals surface area contributed by atoms with Crippen LogP contribution in [-0.4, -0.2) is 36.5 Å². The van der Waals surface area contributed by atoms with Crippen LogP contribution in [0.1, 0.15) is 12.8 Å². The molecule has 0 aromatic rings. The van der Waals surface area contributed by atoms with Crippen LogP contribution >= 0.6 is 0 Å². The van der Waals surface area contributed by atoms with Crippen LogP contribution in [0.15, 0.2) is 0 Å². The summed E-state index contributed by atoms with van der Waals surface area (Å²) in [6.07, 6.45) is 1.66. The minimum Gasteiger partial charge on any atom is -0.391 e. The summed E-state index contributed by atoms with van der Waals surface area (Å²) in [6.45, 7) is 2.48. The van der Waals surface area contributed by atoms with Gasteiger partial charge in [0, 0.05) is 13.0 Å². The van der Waals surface area contributed by atoms with E-state index in [1.807, 2.05) is 0 Å². The summed E-state index contributed by atoms with van der Waals surface area (Å²) in [5, 5.41) is 12.4. The molecule has 2 heterocycles. The molecule has 0 bridgehead atoms. The Balaban J connectivity index is 2.03. The Hall–Kier alpha value is -0.120. The maximum absolute atomic E-state index is 9.20. The lowest BCUT2D eigenvalue weighted by Gasteiger charge is -2.19. The number of hydrogen-bond acceptors (Lipinski definition) is 3. The van der Waals surface area contributed by atoms with Crippen LogP contribution < -0.4 is 5.32 Å². The van der Waals surface area contributed by atoms with Gasteiger partial charge in [0.2, 0.25) is 0 Å². The van der Waals surface area contributed by atoms with Crippen molar-refractivity contribution in [2.45, 2.75) is 24.5 Å². The predicted octanol–water partition coefficient (Wildman–Crippen LogP) is -0.500. The van der Waals surface area contributed by atoms with Crippen molar-refractivity contribution in [2.24, 2.45) is 0 Å². The molecule has 3 heteroatoms. The van der Waals surface area contributed by atoms with Crippen LogP contribution in [0.5, 0.6) is 0 Å². The SMILES string of the molecule is O[C@@H]1CO[C@]2(CCNC2)C1. The van der Waals surface area contributed by atoms with E-state index in [0.717, 1.165) is 25.9 Å². The molecule has 0 saturated carbocycles. The molecule has 58 valence electrons. The Morgan fingerprint density at radius 2 is 2.50 bits per heavy atom. The maximum atomic E-state index is 9.20. The zero-order chi connectivity index (χ0) is 7.03. The second kappa shape index (κ2) is 2.19. The van der Waals surface area contributed by atoms with Gasteiger partial charge >= 0.3 is 0 Å². The molecule has 0 aromatic carbocycles. The fourth-order valence-corrected chi connectivity index (χ4v) is 1.84. The average Bonchev–Trinajstić information content (AvgIpc) is 2.46. The second-order valence-corrected chi connectivity index (χ2v) is 3.28. The fraction of sp³-hybridized carbons (Fsp3) is 1.00. The molecule has 10 heavy (non-hydrogen) atoms. The van der Waals surface area contributed by atoms with E-state index in [1.54, 1.807) is 0 Å². The van der Waals surface area contributed by atoms with Gasteiger partial charge in [0.1, 0.15) is 0 Å². The lowest BCUT2D eigenvalue weighted by molar-refractivity contribution is 0.0172. The lowest BCUT2D eigenvalue weighted by Crippen LogP contribution is -2.30. The van der Waals surface area contributed by atoms with Gasteiger partial charge in [-0.3, -0.25) is 0 Å². The largest absolute Gasteiger partial charge is 0.391 e. The number of hydrogen-bond donors (Lipinski definition) is 2. The summed E-state index contributed by atoms with van der Waals surface area (Å²) >= 11 is 0. The minimum atomic E-state index is -0.222. The lowest BCUT2D eigenvalue weighted by atomic mass is 9.99. The Morgan fingerprint density at radius 3 is 3.00 bits per heavy atom. The van der Waals surface area contributed by atoms with Gasteiger partial charge in [-0.15, -0.1) is 0 Å². The number of ether oxygens (including phenoxy) is 1. The molecule has 2 fully saturated rings. The molecule has 0 aromatic heterocycles. The van der Waals surface area contributed by atoms with Crippen LogP contribution in [0.3, 0.4) is 0 Å². The number of aliphatic hydroxyl groups excluding tert-OH is 1. The van der Waals surface area contributed by atoms with Crippen LogP contribution in [0, 0.1) is 0 Å². The Morgan fingerprint density at radius 1 is 1.60 bits per heavy atom. The first-order valence-corrected chi connectivity index (χ1v) is 3.84. The highest BCUT2D eigenvalue weighted by Gasteiger charge is 2.41. The number of nitrogens with one attached hydrogen (secondary N) is 1. The number of rotatable bonds is 0. The smallest absolute Gasteiger partial charge is 0.0845 e. The molecule has 2 saturated heterocycles. The zero-order valence-electron chi connectivity index (χ0n) is 5.97. The Bertz CT molecular complexity index is 132. The molecule has 2 aliphatic heterocycles. The van der Waals surface area contributed by atoms with Crippen molar-refractivity contribution in [3.8, 4) is 0 Å². The summed E-state index contributed by atoms with van der Waals surface area (Å²) in [5.74, 6) is 0. The molecule has 0 radical (unpaired) electrons. The van der Waals surface area contributed by atoms with Crippen molar-refractivity contribution in [1.82, 2.24) is 5.32 Å². The third kappa shape index (κ3) is 0.944. The van der Waals surface area contributed by atoms with Crippen molar-refractivity contribution in [1.29, 1.82) is 0 Å². The summed E-state index contributed by atoms with van der Waals surface area (Å²) in [7, 11) is 0. The van der Waals surface area contributed by atoms with Gasteiger partial charge in [0.05, 0.1) is 18.3 Å². The molecule has 2 atom stereocenters. The van der Waals surface area contributed by atoms with Gasteiger partial charge in [-0.05, 0) is 13.0 Å². The molecule has 0 unspecified atom stereocenters. The quantitative estimate of drug-likeness (QED) is 0.480. The van der Waals surface area contributed by atoms with Crippen molar-refractivity contribution in [3.05, 3.63) is 0 Å². The molecule has 2 rings (SSSR count).